The van der Waals surface area contributed by atoms with Crippen molar-refractivity contribution in [2.24, 2.45) is 11.8 Å². The van der Waals surface area contributed by atoms with Gasteiger partial charge in [-0.05, 0) is 49.9 Å². The van der Waals surface area contributed by atoms with Crippen LogP contribution in [0.1, 0.15) is 38.8 Å². The number of nitrogens with one attached hydrogen (secondary N) is 1. The molecule has 118 valence electrons. The van der Waals surface area contributed by atoms with Crippen LogP contribution in [-0.2, 0) is 0 Å². The van der Waals surface area contributed by atoms with Crippen molar-refractivity contribution in [1.82, 2.24) is 10.2 Å². The monoisotopic (exact) mass is 290 g/mol. The van der Waals surface area contributed by atoms with E-state index in [4.69, 9.17) is 4.74 Å². The predicted octanol–water partition coefficient (Wildman–Crippen LogP) is 3.32. The number of hydrogen-bond donors (Lipinski definition) is 1. The first-order valence-electron chi connectivity index (χ1n) is 8.10. The first-order valence-corrected chi connectivity index (χ1v) is 8.10. The highest BCUT2D eigenvalue weighted by atomic mass is 16.5. The molecule has 3 heteroatoms. The zero-order valence-electron chi connectivity index (χ0n) is 14.1. The summed E-state index contributed by atoms with van der Waals surface area (Å²) in [7, 11) is 3.77. The minimum atomic E-state index is 0.347. The van der Waals surface area contributed by atoms with E-state index in [1.54, 1.807) is 7.11 Å². The number of ether oxygens (including phenoxy) is 1. The topological polar surface area (TPSA) is 24.5 Å². The summed E-state index contributed by atoms with van der Waals surface area (Å²) >= 11 is 0. The third-order valence-electron chi connectivity index (χ3n) is 4.98. The maximum atomic E-state index is 5.35. The molecule has 21 heavy (non-hydrogen) atoms. The lowest BCUT2D eigenvalue weighted by Gasteiger charge is -2.42. The predicted molar refractivity (Wildman–Crippen MR) is 88.8 cm³/mol. The molecule has 2 rings (SSSR count). The van der Waals surface area contributed by atoms with Crippen molar-refractivity contribution in [3.05, 3.63) is 29.8 Å². The molecule has 1 N–H and O–H groups in total. The quantitative estimate of drug-likeness (QED) is 0.900. The fourth-order valence-electron chi connectivity index (χ4n) is 3.53. The standard InChI is InChI=1S/C18H30N2O/c1-13-9-14(2)15(3)20(11-13)12-18(19-4)16-7-6-8-17(10-16)21-5/h6-8,10,13-15,18-19H,9,11-12H2,1-5H3. The molecular formula is C18H30N2O. The highest BCUT2D eigenvalue weighted by Gasteiger charge is 2.30. The van der Waals surface area contributed by atoms with Gasteiger partial charge in [-0.2, -0.15) is 0 Å². The van der Waals surface area contributed by atoms with Crippen molar-refractivity contribution in [2.45, 2.75) is 39.3 Å². The molecule has 0 aliphatic carbocycles. The van der Waals surface area contributed by atoms with Gasteiger partial charge in [0.05, 0.1) is 7.11 Å². The van der Waals surface area contributed by atoms with E-state index in [0.717, 1.165) is 24.1 Å². The molecular weight excluding hydrogens is 260 g/mol. The van der Waals surface area contributed by atoms with Crippen LogP contribution in [-0.4, -0.2) is 38.2 Å². The molecule has 0 bridgehead atoms. The fraction of sp³-hybridized carbons (Fsp3) is 0.667. The van der Waals surface area contributed by atoms with E-state index in [9.17, 15) is 0 Å². The minimum absolute atomic E-state index is 0.347. The third-order valence-corrected chi connectivity index (χ3v) is 4.98. The summed E-state index contributed by atoms with van der Waals surface area (Å²) < 4.78 is 5.35. The molecule has 0 amide bonds. The molecule has 1 aromatic carbocycles. The van der Waals surface area contributed by atoms with Crippen LogP contribution in [0.4, 0.5) is 0 Å². The van der Waals surface area contributed by atoms with Gasteiger partial charge in [0.1, 0.15) is 5.75 Å². The summed E-state index contributed by atoms with van der Waals surface area (Å²) in [6, 6.07) is 9.41. The molecule has 1 aromatic rings. The number of hydrogen-bond acceptors (Lipinski definition) is 3. The Morgan fingerprint density at radius 3 is 2.76 bits per heavy atom. The van der Waals surface area contributed by atoms with Crippen molar-refractivity contribution >= 4 is 0 Å². The van der Waals surface area contributed by atoms with Gasteiger partial charge in [0.15, 0.2) is 0 Å². The number of methoxy groups -OCH3 is 1. The lowest BCUT2D eigenvalue weighted by Crippen LogP contribution is -2.48. The molecule has 3 nitrogen and oxygen atoms in total. The number of benzene rings is 1. The van der Waals surface area contributed by atoms with Gasteiger partial charge in [-0.3, -0.25) is 4.90 Å². The van der Waals surface area contributed by atoms with Crippen LogP contribution in [0, 0.1) is 11.8 Å². The van der Waals surface area contributed by atoms with Gasteiger partial charge in [-0.1, -0.05) is 26.0 Å². The first-order chi connectivity index (χ1) is 10.0. The third kappa shape index (κ3) is 3.98. The Morgan fingerprint density at radius 2 is 2.10 bits per heavy atom. The molecule has 1 saturated heterocycles. The van der Waals surface area contributed by atoms with E-state index in [0.29, 0.717) is 12.1 Å². The van der Waals surface area contributed by atoms with Crippen molar-refractivity contribution in [2.75, 3.05) is 27.2 Å². The minimum Gasteiger partial charge on any atom is -0.497 e. The molecule has 1 heterocycles. The van der Waals surface area contributed by atoms with E-state index in [-0.39, 0.29) is 0 Å². The van der Waals surface area contributed by atoms with Crippen LogP contribution in [0.25, 0.3) is 0 Å². The lowest BCUT2D eigenvalue weighted by atomic mass is 9.85. The first kappa shape index (κ1) is 16.3. The molecule has 4 atom stereocenters. The van der Waals surface area contributed by atoms with Crippen molar-refractivity contribution in [3.63, 3.8) is 0 Å². The van der Waals surface area contributed by atoms with E-state index < -0.39 is 0 Å². The van der Waals surface area contributed by atoms with Gasteiger partial charge >= 0.3 is 0 Å². The molecule has 4 unspecified atom stereocenters. The van der Waals surface area contributed by atoms with Gasteiger partial charge in [0, 0.05) is 25.2 Å². The highest BCUT2D eigenvalue weighted by Crippen LogP contribution is 2.29. The SMILES string of the molecule is CNC(CN1CC(C)CC(C)C1C)c1cccc(OC)c1. The van der Waals surface area contributed by atoms with E-state index in [2.05, 4.69) is 49.2 Å². The number of piperidine rings is 1. The average molecular weight is 290 g/mol. The molecule has 0 saturated carbocycles. The fourth-order valence-corrected chi connectivity index (χ4v) is 3.53. The van der Waals surface area contributed by atoms with E-state index in [1.807, 2.05) is 13.1 Å². The van der Waals surface area contributed by atoms with Gasteiger partial charge < -0.3 is 10.1 Å². The average Bonchev–Trinajstić information content (AvgIpc) is 2.49. The summed E-state index contributed by atoms with van der Waals surface area (Å²) in [5.74, 6) is 2.50. The lowest BCUT2D eigenvalue weighted by molar-refractivity contribution is 0.0710. The molecule has 1 fully saturated rings. The Hall–Kier alpha value is -1.06. The summed E-state index contributed by atoms with van der Waals surface area (Å²) in [4.78, 5) is 2.64. The van der Waals surface area contributed by atoms with Crippen molar-refractivity contribution in [1.29, 1.82) is 0 Å². The van der Waals surface area contributed by atoms with Crippen LogP contribution in [0.15, 0.2) is 24.3 Å². The molecule has 1 aliphatic rings. The maximum Gasteiger partial charge on any atom is 0.119 e. The molecule has 1 aliphatic heterocycles. The Morgan fingerprint density at radius 1 is 1.33 bits per heavy atom. The molecule has 0 aromatic heterocycles. The number of likely N-dealkylation sites (N-methyl/N-ethyl adjacent to an activating group) is 1. The summed E-state index contributed by atoms with van der Waals surface area (Å²) in [5, 5.41) is 3.47. The Kier molecular flexibility index (Phi) is 5.65. The van der Waals surface area contributed by atoms with Crippen LogP contribution in [0.3, 0.4) is 0 Å². The van der Waals surface area contributed by atoms with Gasteiger partial charge in [0.2, 0.25) is 0 Å². The Labute approximate surface area is 129 Å². The highest BCUT2D eigenvalue weighted by molar-refractivity contribution is 5.30. The number of nitrogens with zero attached hydrogens (tertiary/aromatic N) is 1. The van der Waals surface area contributed by atoms with E-state index >= 15 is 0 Å². The van der Waals surface area contributed by atoms with Crippen molar-refractivity contribution < 1.29 is 4.74 Å². The summed E-state index contributed by atoms with van der Waals surface area (Å²) in [6.45, 7) is 9.38. The number of likely N-dealkylation sites (tertiary alicyclic amines) is 1. The zero-order chi connectivity index (χ0) is 15.4. The van der Waals surface area contributed by atoms with Crippen LogP contribution in [0.5, 0.6) is 5.75 Å². The largest absolute Gasteiger partial charge is 0.497 e. The number of rotatable bonds is 5. The van der Waals surface area contributed by atoms with Crippen LogP contribution >= 0.6 is 0 Å². The second-order valence-corrected chi connectivity index (χ2v) is 6.63. The van der Waals surface area contributed by atoms with E-state index in [1.165, 1.54) is 18.5 Å². The van der Waals surface area contributed by atoms with Gasteiger partial charge in [-0.25, -0.2) is 0 Å². The van der Waals surface area contributed by atoms with Crippen LogP contribution in [0.2, 0.25) is 0 Å². The van der Waals surface area contributed by atoms with Gasteiger partial charge in [-0.15, -0.1) is 0 Å². The molecule has 0 spiro atoms. The maximum absolute atomic E-state index is 5.35. The van der Waals surface area contributed by atoms with Crippen LogP contribution < -0.4 is 10.1 Å². The second kappa shape index (κ2) is 7.28. The normalized spacial score (nSPS) is 28.3. The van der Waals surface area contributed by atoms with Crippen molar-refractivity contribution in [3.8, 4) is 5.75 Å². The molecule has 0 radical (unpaired) electrons. The summed E-state index contributed by atoms with van der Waals surface area (Å²) in [6.07, 6.45) is 1.35. The Bertz CT molecular complexity index is 449. The smallest absolute Gasteiger partial charge is 0.119 e. The second-order valence-electron chi connectivity index (χ2n) is 6.63. The van der Waals surface area contributed by atoms with Gasteiger partial charge in [0.25, 0.3) is 0 Å². The summed E-state index contributed by atoms with van der Waals surface area (Å²) in [5.41, 5.74) is 1.30. The Balaban J connectivity index is 2.10. The zero-order valence-corrected chi connectivity index (χ0v) is 14.1.